The van der Waals surface area contributed by atoms with Crippen molar-refractivity contribution in [3.63, 3.8) is 0 Å². The molecule has 0 amide bonds. The SMILES string of the molecule is CCCCCn1cc(C#N)nc1C#N.O=P(O)(O)O. The Labute approximate surface area is 110 Å². The normalized spacial score (nSPS) is 10.0. The Balaban J connectivity index is 0.000000555. The van der Waals surface area contributed by atoms with Gasteiger partial charge in [0.15, 0.2) is 5.69 Å². The van der Waals surface area contributed by atoms with E-state index in [0.29, 0.717) is 11.5 Å². The number of aryl methyl sites for hydroxylation is 1. The fraction of sp³-hybridized carbons (Fsp3) is 0.500. The predicted octanol–water partition coefficient (Wildman–Crippen LogP) is 0.888. The highest BCUT2D eigenvalue weighted by Crippen LogP contribution is 2.25. The molecule has 8 nitrogen and oxygen atoms in total. The predicted molar refractivity (Wildman–Crippen MR) is 65.4 cm³/mol. The van der Waals surface area contributed by atoms with E-state index in [0.717, 1.165) is 25.8 Å². The number of aromatic nitrogens is 2. The van der Waals surface area contributed by atoms with E-state index in [1.54, 1.807) is 10.8 Å². The fourth-order valence-corrected chi connectivity index (χ4v) is 1.26. The summed E-state index contributed by atoms with van der Waals surface area (Å²) in [6, 6.07) is 3.91. The molecule has 0 fully saturated rings. The first-order valence-corrected chi connectivity index (χ1v) is 7.04. The highest BCUT2D eigenvalue weighted by molar-refractivity contribution is 7.45. The lowest BCUT2D eigenvalue weighted by molar-refractivity contribution is 0.275. The third-order valence-corrected chi connectivity index (χ3v) is 1.99. The molecule has 0 radical (unpaired) electrons. The van der Waals surface area contributed by atoms with Crippen molar-refractivity contribution in [3.05, 3.63) is 17.7 Å². The molecule has 0 saturated heterocycles. The van der Waals surface area contributed by atoms with Crippen molar-refractivity contribution in [1.82, 2.24) is 9.55 Å². The van der Waals surface area contributed by atoms with Crippen molar-refractivity contribution in [2.24, 2.45) is 0 Å². The maximum atomic E-state index is 8.88. The fourth-order valence-electron chi connectivity index (χ4n) is 1.26. The summed E-state index contributed by atoms with van der Waals surface area (Å²) >= 11 is 0. The van der Waals surface area contributed by atoms with Gasteiger partial charge < -0.3 is 19.2 Å². The lowest BCUT2D eigenvalue weighted by atomic mass is 10.2. The molecular formula is C10H15N4O4P. The molecule has 0 unspecified atom stereocenters. The minimum absolute atomic E-state index is 0.318. The van der Waals surface area contributed by atoms with E-state index in [4.69, 9.17) is 29.8 Å². The first kappa shape index (κ1) is 17.3. The van der Waals surface area contributed by atoms with Gasteiger partial charge in [0.1, 0.15) is 12.1 Å². The van der Waals surface area contributed by atoms with Crippen molar-refractivity contribution < 1.29 is 19.2 Å². The number of imidazole rings is 1. The van der Waals surface area contributed by atoms with Crippen LogP contribution in [0.15, 0.2) is 6.20 Å². The number of unbranched alkanes of at least 4 members (excludes halogenated alkanes) is 2. The van der Waals surface area contributed by atoms with Crippen LogP contribution in [0.25, 0.3) is 0 Å². The third-order valence-electron chi connectivity index (χ3n) is 1.99. The zero-order valence-electron chi connectivity index (χ0n) is 10.4. The number of hydrogen-bond donors (Lipinski definition) is 3. The smallest absolute Gasteiger partial charge is 0.321 e. The standard InChI is InChI=1S/C10H12N4.H3O4P/c1-2-3-4-5-14-8-9(6-11)13-10(14)7-12;1-5(2,3)4/h8H,2-5H2,1H3;(H3,1,2,3,4). The number of rotatable bonds is 4. The zero-order valence-corrected chi connectivity index (χ0v) is 11.3. The summed E-state index contributed by atoms with van der Waals surface area (Å²) in [5, 5.41) is 17.3. The minimum Gasteiger partial charge on any atom is -0.321 e. The van der Waals surface area contributed by atoms with Crippen molar-refractivity contribution in [2.75, 3.05) is 0 Å². The van der Waals surface area contributed by atoms with Gasteiger partial charge in [-0.1, -0.05) is 19.8 Å². The summed E-state index contributed by atoms with van der Waals surface area (Å²) < 4.78 is 10.6. The van der Waals surface area contributed by atoms with Crippen LogP contribution < -0.4 is 0 Å². The molecule has 0 saturated carbocycles. The number of nitriles is 2. The van der Waals surface area contributed by atoms with Gasteiger partial charge in [-0.3, -0.25) is 0 Å². The van der Waals surface area contributed by atoms with Gasteiger partial charge in [-0.25, -0.2) is 9.55 Å². The van der Waals surface area contributed by atoms with Crippen LogP contribution in [-0.4, -0.2) is 24.2 Å². The quantitative estimate of drug-likeness (QED) is 0.550. The third kappa shape index (κ3) is 8.95. The monoisotopic (exact) mass is 286 g/mol. The molecule has 9 heteroatoms. The molecule has 0 bridgehead atoms. The van der Waals surface area contributed by atoms with Crippen LogP contribution in [0.4, 0.5) is 0 Å². The van der Waals surface area contributed by atoms with Gasteiger partial charge in [-0.15, -0.1) is 0 Å². The summed E-state index contributed by atoms with van der Waals surface area (Å²) in [7, 11) is -4.64. The molecule has 3 N–H and O–H groups in total. The Morgan fingerprint density at radius 1 is 1.32 bits per heavy atom. The van der Waals surface area contributed by atoms with E-state index in [2.05, 4.69) is 11.9 Å². The Morgan fingerprint density at radius 2 is 1.89 bits per heavy atom. The Bertz CT molecular complexity index is 514. The van der Waals surface area contributed by atoms with E-state index >= 15 is 0 Å². The van der Waals surface area contributed by atoms with Crippen LogP contribution in [-0.2, 0) is 11.1 Å². The highest BCUT2D eigenvalue weighted by atomic mass is 31.2. The van der Waals surface area contributed by atoms with Gasteiger partial charge in [0.2, 0.25) is 5.82 Å². The zero-order chi connectivity index (χ0) is 14.9. The van der Waals surface area contributed by atoms with Crippen LogP contribution in [0.5, 0.6) is 0 Å². The van der Waals surface area contributed by atoms with Crippen molar-refractivity contribution >= 4 is 7.82 Å². The van der Waals surface area contributed by atoms with Crippen LogP contribution in [0.1, 0.15) is 37.7 Å². The molecule has 0 aliphatic heterocycles. The Kier molecular flexibility index (Phi) is 7.66. The lowest BCUT2D eigenvalue weighted by Gasteiger charge is -2.00. The number of nitrogens with zero attached hydrogens (tertiary/aromatic N) is 4. The van der Waals surface area contributed by atoms with Gasteiger partial charge >= 0.3 is 7.82 Å². The van der Waals surface area contributed by atoms with Crippen LogP contribution in [0, 0.1) is 22.7 Å². The molecule has 1 aromatic heterocycles. The minimum atomic E-state index is -4.64. The van der Waals surface area contributed by atoms with Crippen LogP contribution in [0.2, 0.25) is 0 Å². The number of hydrogen-bond acceptors (Lipinski definition) is 4. The molecule has 1 rings (SSSR count). The molecule has 19 heavy (non-hydrogen) atoms. The molecule has 0 aliphatic carbocycles. The summed E-state index contributed by atoms with van der Waals surface area (Å²) in [5.74, 6) is 0.331. The van der Waals surface area contributed by atoms with Gasteiger partial charge in [0.25, 0.3) is 0 Å². The van der Waals surface area contributed by atoms with Gasteiger partial charge in [0.05, 0.1) is 0 Å². The Morgan fingerprint density at radius 3 is 2.32 bits per heavy atom. The average molecular weight is 286 g/mol. The second-order valence-electron chi connectivity index (χ2n) is 3.59. The maximum Gasteiger partial charge on any atom is 0.466 e. The maximum absolute atomic E-state index is 8.88. The summed E-state index contributed by atoms with van der Waals surface area (Å²) in [6.45, 7) is 2.89. The molecule has 0 aliphatic rings. The van der Waals surface area contributed by atoms with E-state index < -0.39 is 7.82 Å². The van der Waals surface area contributed by atoms with E-state index in [-0.39, 0.29) is 0 Å². The van der Waals surface area contributed by atoms with E-state index in [1.807, 2.05) is 12.1 Å². The molecule has 104 valence electrons. The molecular weight excluding hydrogens is 271 g/mol. The van der Waals surface area contributed by atoms with Gasteiger partial charge in [-0.05, 0) is 6.42 Å². The largest absolute Gasteiger partial charge is 0.466 e. The molecule has 0 atom stereocenters. The van der Waals surface area contributed by atoms with Crippen molar-refractivity contribution in [2.45, 2.75) is 32.7 Å². The second-order valence-corrected chi connectivity index (χ2v) is 4.61. The highest BCUT2D eigenvalue weighted by Gasteiger charge is 2.05. The summed E-state index contributed by atoms with van der Waals surface area (Å²) in [6.07, 6.45) is 4.92. The summed E-state index contributed by atoms with van der Waals surface area (Å²) in [4.78, 5) is 25.4. The average Bonchev–Trinajstić information content (AvgIpc) is 2.70. The van der Waals surface area contributed by atoms with Crippen LogP contribution in [0.3, 0.4) is 0 Å². The first-order valence-electron chi connectivity index (χ1n) is 5.47. The van der Waals surface area contributed by atoms with Crippen molar-refractivity contribution in [3.8, 4) is 12.1 Å². The lowest BCUT2D eigenvalue weighted by Crippen LogP contribution is -1.99. The van der Waals surface area contributed by atoms with Gasteiger partial charge in [0, 0.05) is 12.7 Å². The molecule has 0 spiro atoms. The van der Waals surface area contributed by atoms with E-state index in [9.17, 15) is 0 Å². The molecule has 1 aromatic rings. The molecule has 0 aromatic carbocycles. The first-order chi connectivity index (χ1) is 8.81. The van der Waals surface area contributed by atoms with E-state index in [1.165, 1.54) is 0 Å². The second kappa shape index (κ2) is 8.41. The Hall–Kier alpha value is -1.70. The number of phosphoric acid groups is 1. The van der Waals surface area contributed by atoms with Gasteiger partial charge in [-0.2, -0.15) is 10.5 Å². The molecule has 1 heterocycles. The summed E-state index contributed by atoms with van der Waals surface area (Å²) in [5.41, 5.74) is 0.318. The van der Waals surface area contributed by atoms with Crippen LogP contribution >= 0.6 is 7.82 Å². The van der Waals surface area contributed by atoms with Crippen molar-refractivity contribution in [1.29, 1.82) is 10.5 Å². The topological polar surface area (TPSA) is 143 Å².